The Bertz CT molecular complexity index is 556. The molecule has 1 rings (SSSR count). The van der Waals surface area contributed by atoms with Gasteiger partial charge in [-0.25, -0.2) is 4.79 Å². The van der Waals surface area contributed by atoms with Gasteiger partial charge in [-0.3, -0.25) is 4.79 Å². The molecule has 1 atom stereocenters. The van der Waals surface area contributed by atoms with Gasteiger partial charge in [0.25, 0.3) is 0 Å². The number of carbonyl (C=O) groups is 2. The Kier molecular flexibility index (Phi) is 5.37. The van der Waals surface area contributed by atoms with Crippen LogP contribution in [0.2, 0.25) is 0 Å². The number of anilines is 1. The summed E-state index contributed by atoms with van der Waals surface area (Å²) in [6, 6.07) is 6.00. The third-order valence-corrected chi connectivity index (χ3v) is 3.31. The molecule has 112 valence electrons. The largest absolute Gasteiger partial charge is 0.481 e. The molecular weight excluding hydrogens is 268 g/mol. The summed E-state index contributed by atoms with van der Waals surface area (Å²) in [5.41, 5.74) is 0.262. The van der Waals surface area contributed by atoms with Crippen LogP contribution in [0.5, 0.6) is 0 Å². The molecule has 0 bridgehead atoms. The molecule has 0 aliphatic heterocycles. The molecule has 0 fully saturated rings. The number of amides is 2. The fraction of sp³-hybridized carbons (Fsp3) is 0.375. The number of carbonyl (C=O) groups excluding carboxylic acids is 1. The monoisotopic (exact) mass is 288 g/mol. The maximum Gasteiger partial charge on any atom is 0.320 e. The zero-order chi connectivity index (χ0) is 16.0. The van der Waals surface area contributed by atoms with Gasteiger partial charge in [-0.2, -0.15) is 0 Å². The van der Waals surface area contributed by atoms with Crippen LogP contribution in [0, 0.1) is 12.3 Å². The van der Waals surface area contributed by atoms with Crippen molar-refractivity contribution in [1.29, 1.82) is 0 Å². The second kappa shape index (κ2) is 6.80. The van der Waals surface area contributed by atoms with Crippen molar-refractivity contribution in [3.63, 3.8) is 0 Å². The van der Waals surface area contributed by atoms with Crippen molar-refractivity contribution >= 4 is 17.7 Å². The lowest BCUT2D eigenvalue weighted by Gasteiger charge is -2.20. The SMILES string of the molecule is C#CC(CC)NC(=O)Nc1ccc(C(C)(C)C(=O)O)cc1. The Morgan fingerprint density at radius 3 is 2.33 bits per heavy atom. The highest BCUT2D eigenvalue weighted by Crippen LogP contribution is 2.24. The Morgan fingerprint density at radius 2 is 1.90 bits per heavy atom. The smallest absolute Gasteiger partial charge is 0.320 e. The number of terminal acetylenes is 1. The maximum absolute atomic E-state index is 11.7. The van der Waals surface area contributed by atoms with E-state index in [-0.39, 0.29) is 12.1 Å². The minimum absolute atomic E-state index is 0.310. The van der Waals surface area contributed by atoms with Gasteiger partial charge in [0.1, 0.15) is 0 Å². The van der Waals surface area contributed by atoms with Crippen LogP contribution < -0.4 is 10.6 Å². The first-order valence-corrected chi connectivity index (χ1v) is 6.68. The molecule has 1 unspecified atom stereocenters. The average Bonchev–Trinajstić information content (AvgIpc) is 2.45. The van der Waals surface area contributed by atoms with Crippen LogP contribution in [0.25, 0.3) is 0 Å². The molecule has 2 amide bonds. The summed E-state index contributed by atoms with van der Waals surface area (Å²) in [6.45, 7) is 5.14. The van der Waals surface area contributed by atoms with Crippen molar-refractivity contribution in [1.82, 2.24) is 5.32 Å². The van der Waals surface area contributed by atoms with Gasteiger partial charge in [-0.1, -0.05) is 25.0 Å². The van der Waals surface area contributed by atoms with Gasteiger partial charge < -0.3 is 15.7 Å². The van der Waals surface area contributed by atoms with Gasteiger partial charge in [0.15, 0.2) is 0 Å². The summed E-state index contributed by atoms with van der Waals surface area (Å²) in [7, 11) is 0. The molecule has 5 nitrogen and oxygen atoms in total. The van der Waals surface area contributed by atoms with Crippen molar-refractivity contribution in [3.05, 3.63) is 29.8 Å². The second-order valence-corrected chi connectivity index (χ2v) is 5.23. The first-order chi connectivity index (χ1) is 9.81. The van der Waals surface area contributed by atoms with E-state index in [1.54, 1.807) is 38.1 Å². The molecule has 1 aromatic carbocycles. The van der Waals surface area contributed by atoms with E-state index in [2.05, 4.69) is 16.6 Å². The molecule has 21 heavy (non-hydrogen) atoms. The summed E-state index contributed by atoms with van der Waals surface area (Å²) < 4.78 is 0. The van der Waals surface area contributed by atoms with Gasteiger partial charge in [0.05, 0.1) is 11.5 Å². The number of hydrogen-bond acceptors (Lipinski definition) is 2. The van der Waals surface area contributed by atoms with Crippen LogP contribution >= 0.6 is 0 Å². The van der Waals surface area contributed by atoms with Crippen LogP contribution in [-0.4, -0.2) is 23.1 Å². The van der Waals surface area contributed by atoms with Crippen LogP contribution in [-0.2, 0) is 10.2 Å². The highest BCUT2D eigenvalue weighted by Gasteiger charge is 2.29. The molecule has 3 N–H and O–H groups in total. The lowest BCUT2D eigenvalue weighted by molar-refractivity contribution is -0.142. The molecule has 0 aromatic heterocycles. The van der Waals surface area contributed by atoms with Crippen molar-refractivity contribution in [2.75, 3.05) is 5.32 Å². The van der Waals surface area contributed by atoms with Crippen molar-refractivity contribution < 1.29 is 14.7 Å². The van der Waals surface area contributed by atoms with E-state index in [0.717, 1.165) is 0 Å². The maximum atomic E-state index is 11.7. The topological polar surface area (TPSA) is 78.4 Å². The van der Waals surface area contributed by atoms with Crippen LogP contribution in [0.1, 0.15) is 32.8 Å². The quantitative estimate of drug-likeness (QED) is 0.729. The lowest BCUT2D eigenvalue weighted by Crippen LogP contribution is -2.36. The summed E-state index contributed by atoms with van der Waals surface area (Å²) in [5, 5.41) is 14.5. The average molecular weight is 288 g/mol. The van der Waals surface area contributed by atoms with E-state index < -0.39 is 11.4 Å². The van der Waals surface area contributed by atoms with Crippen molar-refractivity contribution in [3.8, 4) is 12.3 Å². The third-order valence-electron chi connectivity index (χ3n) is 3.31. The molecule has 5 heteroatoms. The van der Waals surface area contributed by atoms with Gasteiger partial charge in [-0.15, -0.1) is 6.42 Å². The van der Waals surface area contributed by atoms with Crippen LogP contribution in [0.3, 0.4) is 0 Å². The van der Waals surface area contributed by atoms with Crippen LogP contribution in [0.15, 0.2) is 24.3 Å². The zero-order valence-electron chi connectivity index (χ0n) is 12.4. The van der Waals surface area contributed by atoms with Crippen molar-refractivity contribution in [2.45, 2.75) is 38.6 Å². The van der Waals surface area contributed by atoms with Crippen LogP contribution in [0.4, 0.5) is 10.5 Å². The van der Waals surface area contributed by atoms with Gasteiger partial charge in [-0.05, 0) is 38.0 Å². The minimum atomic E-state index is -0.975. The van der Waals surface area contributed by atoms with E-state index in [1.807, 2.05) is 6.92 Å². The fourth-order valence-corrected chi connectivity index (χ4v) is 1.68. The first kappa shape index (κ1) is 16.6. The minimum Gasteiger partial charge on any atom is -0.481 e. The number of rotatable bonds is 5. The second-order valence-electron chi connectivity index (χ2n) is 5.23. The number of carboxylic acid groups (broad SMARTS) is 1. The molecule has 0 saturated carbocycles. The standard InChI is InChI=1S/C16H20N2O3/c1-5-12(6-2)17-15(21)18-13-9-7-11(8-10-13)16(3,4)14(19)20/h1,7-10,12H,6H2,2-4H3,(H,19,20)(H2,17,18,21). The van der Waals surface area contributed by atoms with Gasteiger partial charge in [0, 0.05) is 5.69 Å². The fourth-order valence-electron chi connectivity index (χ4n) is 1.68. The molecule has 0 saturated heterocycles. The molecule has 0 heterocycles. The van der Waals surface area contributed by atoms with Gasteiger partial charge in [0.2, 0.25) is 0 Å². The predicted octanol–water partition coefficient (Wildman–Crippen LogP) is 2.58. The summed E-state index contributed by atoms with van der Waals surface area (Å²) >= 11 is 0. The van der Waals surface area contributed by atoms with E-state index >= 15 is 0 Å². The molecule has 1 aromatic rings. The highest BCUT2D eigenvalue weighted by molar-refractivity contribution is 5.89. The number of hydrogen-bond donors (Lipinski definition) is 3. The molecular formula is C16H20N2O3. The summed E-state index contributed by atoms with van der Waals surface area (Å²) in [5.74, 6) is 1.57. The number of carboxylic acids is 1. The van der Waals surface area contributed by atoms with Crippen molar-refractivity contribution in [2.24, 2.45) is 0 Å². The van der Waals surface area contributed by atoms with E-state index in [1.165, 1.54) is 0 Å². The van der Waals surface area contributed by atoms with Gasteiger partial charge >= 0.3 is 12.0 Å². The van der Waals surface area contributed by atoms with E-state index in [9.17, 15) is 9.59 Å². The number of aliphatic carboxylic acids is 1. The summed E-state index contributed by atoms with van der Waals surface area (Å²) in [4.78, 5) is 22.9. The van der Waals surface area contributed by atoms with E-state index in [0.29, 0.717) is 17.7 Å². The normalized spacial score (nSPS) is 12.1. The number of nitrogens with one attached hydrogen (secondary N) is 2. The number of urea groups is 1. The third kappa shape index (κ3) is 4.25. The zero-order valence-corrected chi connectivity index (χ0v) is 12.4. The molecule has 0 aliphatic rings. The Balaban J connectivity index is 2.74. The predicted molar refractivity (Wildman–Crippen MR) is 82.2 cm³/mol. The number of benzene rings is 1. The summed E-state index contributed by atoms with van der Waals surface area (Å²) in [6.07, 6.45) is 5.92. The Hall–Kier alpha value is -2.48. The Morgan fingerprint density at radius 1 is 1.33 bits per heavy atom. The molecule has 0 spiro atoms. The first-order valence-electron chi connectivity index (χ1n) is 6.68. The molecule has 0 aliphatic carbocycles. The van der Waals surface area contributed by atoms with E-state index in [4.69, 9.17) is 11.5 Å². The lowest BCUT2D eigenvalue weighted by atomic mass is 9.85. The Labute approximate surface area is 124 Å². The highest BCUT2D eigenvalue weighted by atomic mass is 16.4. The molecule has 0 radical (unpaired) electrons.